The zero-order valence-electron chi connectivity index (χ0n) is 15.7. The normalized spacial score (nSPS) is 16.7. The molecule has 0 aromatic heterocycles. The quantitative estimate of drug-likeness (QED) is 0.680. The molecule has 1 saturated heterocycles. The van der Waals surface area contributed by atoms with Crippen molar-refractivity contribution in [1.29, 1.82) is 0 Å². The van der Waals surface area contributed by atoms with Crippen LogP contribution in [0.25, 0.3) is 0 Å². The highest BCUT2D eigenvalue weighted by Crippen LogP contribution is 2.24. The molecule has 1 aliphatic rings. The van der Waals surface area contributed by atoms with Gasteiger partial charge in [-0.3, -0.25) is 13.9 Å². The molecule has 0 saturated carbocycles. The number of hydrogen-bond donors (Lipinski definition) is 0. The minimum atomic E-state index is -3.76. The minimum absolute atomic E-state index is 0.223. The van der Waals surface area contributed by atoms with Crippen LogP contribution in [0.5, 0.6) is 0 Å². The largest absolute Gasteiger partial charge is 0.466 e. The number of hydrogen-bond acceptors (Lipinski definition) is 5. The van der Waals surface area contributed by atoms with E-state index in [1.807, 2.05) is 0 Å². The van der Waals surface area contributed by atoms with Gasteiger partial charge >= 0.3 is 5.97 Å². The Morgan fingerprint density at radius 2 is 1.81 bits per heavy atom. The standard InChI is InChI=1S/C18H25FN2O5S/c1-4-26-18(23)14-9-11-20(12-10-14)17(22)13(2)21(27(3,24)25)16-7-5-15(19)6-8-16/h5-8,13-14H,4,9-12H2,1-3H3/t13-/m0/s1. The number of halogens is 1. The van der Waals surface area contributed by atoms with Gasteiger partial charge in [0.05, 0.1) is 24.5 Å². The van der Waals surface area contributed by atoms with E-state index in [9.17, 15) is 22.4 Å². The lowest BCUT2D eigenvalue weighted by molar-refractivity contribution is -0.151. The molecule has 1 atom stereocenters. The number of ether oxygens (including phenoxy) is 1. The lowest BCUT2D eigenvalue weighted by atomic mass is 9.96. The zero-order valence-corrected chi connectivity index (χ0v) is 16.5. The van der Waals surface area contributed by atoms with Gasteiger partial charge in [0.25, 0.3) is 0 Å². The molecule has 27 heavy (non-hydrogen) atoms. The maximum Gasteiger partial charge on any atom is 0.309 e. The first-order valence-electron chi connectivity index (χ1n) is 8.85. The summed E-state index contributed by atoms with van der Waals surface area (Å²) in [5.74, 6) is -1.35. The summed E-state index contributed by atoms with van der Waals surface area (Å²) in [6, 6.07) is 3.97. The molecular formula is C18H25FN2O5S. The van der Waals surface area contributed by atoms with Gasteiger partial charge in [0.2, 0.25) is 15.9 Å². The van der Waals surface area contributed by atoms with Crippen molar-refractivity contribution in [3.63, 3.8) is 0 Å². The summed E-state index contributed by atoms with van der Waals surface area (Å²) >= 11 is 0. The van der Waals surface area contributed by atoms with Crippen LogP contribution in [-0.2, 0) is 24.3 Å². The van der Waals surface area contributed by atoms with Crippen molar-refractivity contribution in [3.05, 3.63) is 30.1 Å². The molecule has 0 spiro atoms. The summed E-state index contributed by atoms with van der Waals surface area (Å²) in [7, 11) is -3.76. The van der Waals surface area contributed by atoms with Crippen molar-refractivity contribution in [3.8, 4) is 0 Å². The molecule has 150 valence electrons. The van der Waals surface area contributed by atoms with Crippen LogP contribution in [0.3, 0.4) is 0 Å². The van der Waals surface area contributed by atoms with Gasteiger partial charge in [0.15, 0.2) is 0 Å². The number of esters is 1. The second-order valence-electron chi connectivity index (χ2n) is 6.56. The van der Waals surface area contributed by atoms with Crippen LogP contribution in [-0.4, -0.2) is 57.2 Å². The number of sulfonamides is 1. The molecule has 0 unspecified atom stereocenters. The Hall–Kier alpha value is -2.16. The number of likely N-dealkylation sites (tertiary alicyclic amines) is 1. The van der Waals surface area contributed by atoms with E-state index in [1.54, 1.807) is 11.8 Å². The van der Waals surface area contributed by atoms with Crippen LogP contribution in [0.4, 0.5) is 10.1 Å². The van der Waals surface area contributed by atoms with E-state index in [0.29, 0.717) is 32.5 Å². The van der Waals surface area contributed by atoms with Crippen molar-refractivity contribution < 1.29 is 27.1 Å². The summed E-state index contributed by atoms with van der Waals surface area (Å²) < 4.78 is 43.7. The Morgan fingerprint density at radius 1 is 1.26 bits per heavy atom. The topological polar surface area (TPSA) is 84.0 Å². The van der Waals surface area contributed by atoms with Crippen LogP contribution in [0.2, 0.25) is 0 Å². The monoisotopic (exact) mass is 400 g/mol. The van der Waals surface area contributed by atoms with Crippen LogP contribution >= 0.6 is 0 Å². The molecule has 0 N–H and O–H groups in total. The number of nitrogens with zero attached hydrogens (tertiary/aromatic N) is 2. The molecule has 1 heterocycles. The van der Waals surface area contributed by atoms with Crippen molar-refractivity contribution in [2.45, 2.75) is 32.7 Å². The van der Waals surface area contributed by atoms with Gasteiger partial charge in [-0.05, 0) is 51.0 Å². The number of carbonyl (C=O) groups excluding carboxylic acids is 2. The van der Waals surface area contributed by atoms with Crippen LogP contribution in [0.1, 0.15) is 26.7 Å². The Morgan fingerprint density at radius 3 is 2.30 bits per heavy atom. The molecule has 0 bridgehead atoms. The fourth-order valence-electron chi connectivity index (χ4n) is 3.25. The third kappa shape index (κ3) is 5.18. The number of carbonyl (C=O) groups is 2. The highest BCUT2D eigenvalue weighted by Gasteiger charge is 2.35. The summed E-state index contributed by atoms with van der Waals surface area (Å²) in [4.78, 5) is 26.2. The van der Waals surface area contributed by atoms with Gasteiger partial charge in [0, 0.05) is 13.1 Å². The van der Waals surface area contributed by atoms with E-state index < -0.39 is 21.9 Å². The van der Waals surface area contributed by atoms with Gasteiger partial charge in [-0.2, -0.15) is 0 Å². The third-order valence-electron chi connectivity index (χ3n) is 4.57. The molecule has 0 radical (unpaired) electrons. The summed E-state index contributed by atoms with van der Waals surface area (Å²) in [5.41, 5.74) is 0.223. The van der Waals surface area contributed by atoms with Crippen LogP contribution in [0, 0.1) is 11.7 Å². The fraction of sp³-hybridized carbons (Fsp3) is 0.556. The number of amides is 1. The molecule has 9 heteroatoms. The average molecular weight is 400 g/mol. The van der Waals surface area contributed by atoms with E-state index in [0.717, 1.165) is 22.7 Å². The van der Waals surface area contributed by atoms with Crippen LogP contribution < -0.4 is 4.31 Å². The molecule has 1 amide bonds. The fourth-order valence-corrected chi connectivity index (χ4v) is 4.42. The van der Waals surface area contributed by atoms with E-state index in [1.165, 1.54) is 19.1 Å². The Labute approximate surface area is 159 Å². The maximum atomic E-state index is 13.2. The Bertz CT molecular complexity index is 773. The molecule has 7 nitrogen and oxygen atoms in total. The van der Waals surface area contributed by atoms with E-state index in [4.69, 9.17) is 4.74 Å². The number of anilines is 1. The smallest absolute Gasteiger partial charge is 0.309 e. The summed E-state index contributed by atoms with van der Waals surface area (Å²) in [5, 5.41) is 0. The van der Waals surface area contributed by atoms with Gasteiger partial charge in [-0.1, -0.05) is 0 Å². The molecule has 2 rings (SSSR count). The van der Waals surface area contributed by atoms with Gasteiger partial charge in [-0.25, -0.2) is 12.8 Å². The third-order valence-corrected chi connectivity index (χ3v) is 5.82. The lowest BCUT2D eigenvalue weighted by Gasteiger charge is -2.36. The molecule has 1 aromatic carbocycles. The average Bonchev–Trinajstić information content (AvgIpc) is 2.62. The van der Waals surface area contributed by atoms with Crippen molar-refractivity contribution in [1.82, 2.24) is 4.90 Å². The van der Waals surface area contributed by atoms with Crippen molar-refractivity contribution >= 4 is 27.6 Å². The van der Waals surface area contributed by atoms with Gasteiger partial charge in [-0.15, -0.1) is 0 Å². The summed E-state index contributed by atoms with van der Waals surface area (Å²) in [6.07, 6.45) is 1.96. The number of piperidine rings is 1. The first-order chi connectivity index (χ1) is 12.6. The first kappa shape index (κ1) is 21.1. The van der Waals surface area contributed by atoms with Gasteiger partial charge < -0.3 is 9.64 Å². The van der Waals surface area contributed by atoms with Crippen molar-refractivity contribution in [2.24, 2.45) is 5.92 Å². The maximum absolute atomic E-state index is 13.2. The predicted octanol–water partition coefficient (Wildman–Crippen LogP) is 1.78. The molecular weight excluding hydrogens is 375 g/mol. The minimum Gasteiger partial charge on any atom is -0.466 e. The lowest BCUT2D eigenvalue weighted by Crippen LogP contribution is -2.51. The predicted molar refractivity (Wildman–Crippen MR) is 99.1 cm³/mol. The van der Waals surface area contributed by atoms with E-state index in [-0.39, 0.29) is 23.5 Å². The Kier molecular flexibility index (Phi) is 6.80. The molecule has 1 fully saturated rings. The van der Waals surface area contributed by atoms with E-state index >= 15 is 0 Å². The molecule has 0 aliphatic carbocycles. The SMILES string of the molecule is CCOC(=O)C1CCN(C(=O)[C@H](C)N(c2ccc(F)cc2)S(C)(=O)=O)CC1. The van der Waals surface area contributed by atoms with E-state index in [2.05, 4.69) is 0 Å². The highest BCUT2D eigenvalue weighted by molar-refractivity contribution is 7.92. The molecule has 1 aliphatic heterocycles. The zero-order chi connectivity index (χ0) is 20.2. The number of rotatable bonds is 6. The second kappa shape index (κ2) is 8.69. The first-order valence-corrected chi connectivity index (χ1v) is 10.7. The van der Waals surface area contributed by atoms with Crippen molar-refractivity contribution in [2.75, 3.05) is 30.3 Å². The number of benzene rings is 1. The van der Waals surface area contributed by atoms with Crippen LogP contribution in [0.15, 0.2) is 24.3 Å². The highest BCUT2D eigenvalue weighted by atomic mass is 32.2. The summed E-state index contributed by atoms with van der Waals surface area (Å²) in [6.45, 7) is 4.27. The molecule has 1 aromatic rings. The Balaban J connectivity index is 2.12. The van der Waals surface area contributed by atoms with Gasteiger partial charge in [0.1, 0.15) is 11.9 Å². The second-order valence-corrected chi connectivity index (χ2v) is 8.42.